The van der Waals surface area contributed by atoms with Gasteiger partial charge in [-0.05, 0) is 12.1 Å². The summed E-state index contributed by atoms with van der Waals surface area (Å²) in [5.74, 6) is 1.66. The zero-order valence-electron chi connectivity index (χ0n) is 11.1. The summed E-state index contributed by atoms with van der Waals surface area (Å²) in [5.41, 5.74) is 7.50. The van der Waals surface area contributed by atoms with Gasteiger partial charge in [0.1, 0.15) is 24.0 Å². The lowest BCUT2D eigenvalue weighted by molar-refractivity contribution is -0.115. The van der Waals surface area contributed by atoms with Crippen LogP contribution in [0.1, 0.15) is 12.7 Å². The Morgan fingerprint density at radius 1 is 1.35 bits per heavy atom. The molecule has 6 nitrogen and oxygen atoms in total. The van der Waals surface area contributed by atoms with Crippen LogP contribution in [0.3, 0.4) is 0 Å². The zero-order chi connectivity index (χ0) is 14.1. The Kier molecular flexibility index (Phi) is 2.98. The Morgan fingerprint density at radius 3 is 2.95 bits per heavy atom. The van der Waals surface area contributed by atoms with Crippen LogP contribution in [0, 0.1) is 0 Å². The largest absolute Gasteiger partial charge is 0.384 e. The van der Waals surface area contributed by atoms with Crippen molar-refractivity contribution < 1.29 is 4.79 Å². The van der Waals surface area contributed by atoms with E-state index in [4.69, 9.17) is 5.73 Å². The van der Waals surface area contributed by atoms with Gasteiger partial charge in [-0.1, -0.05) is 19.1 Å². The van der Waals surface area contributed by atoms with Crippen LogP contribution >= 0.6 is 0 Å². The van der Waals surface area contributed by atoms with Crippen LogP contribution in [0.5, 0.6) is 0 Å². The first-order valence-corrected chi connectivity index (χ1v) is 6.47. The van der Waals surface area contributed by atoms with Gasteiger partial charge < -0.3 is 16.0 Å². The van der Waals surface area contributed by atoms with Crippen LogP contribution in [0.2, 0.25) is 0 Å². The number of rotatable bonds is 2. The summed E-state index contributed by atoms with van der Waals surface area (Å²) in [6, 6.07) is 9.31. The number of hydrogen-bond acceptors (Lipinski definition) is 5. The van der Waals surface area contributed by atoms with Gasteiger partial charge >= 0.3 is 0 Å². The molecular weight excluding hydrogens is 254 g/mol. The van der Waals surface area contributed by atoms with Crippen molar-refractivity contribution in [3.8, 4) is 0 Å². The molecule has 1 aromatic carbocycles. The van der Waals surface area contributed by atoms with E-state index in [1.807, 2.05) is 36.1 Å². The number of anilines is 4. The molecule has 2 aromatic rings. The molecule has 0 unspecified atom stereocenters. The number of nitrogens with one attached hydrogen (secondary N) is 1. The van der Waals surface area contributed by atoms with Gasteiger partial charge in [0.15, 0.2) is 0 Å². The molecule has 0 bridgehead atoms. The topological polar surface area (TPSA) is 84.1 Å². The molecule has 0 saturated heterocycles. The number of aromatic nitrogens is 2. The number of carbonyl (C=O) groups excluding carboxylic acids is 1. The summed E-state index contributed by atoms with van der Waals surface area (Å²) in [6.45, 7) is 2.19. The molecule has 2 heterocycles. The highest BCUT2D eigenvalue weighted by molar-refractivity contribution is 6.02. The molecule has 1 aliphatic heterocycles. The smallest absolute Gasteiger partial charge is 0.244 e. The number of amides is 1. The minimum absolute atomic E-state index is 0.0704. The molecule has 1 aliphatic rings. The minimum atomic E-state index is -0.0704. The van der Waals surface area contributed by atoms with Gasteiger partial charge in [0, 0.05) is 12.5 Å². The highest BCUT2D eigenvalue weighted by atomic mass is 16.2. The maximum absolute atomic E-state index is 11.8. The van der Waals surface area contributed by atoms with Crippen LogP contribution in [0.25, 0.3) is 0 Å². The number of nitrogens with zero attached hydrogens (tertiary/aromatic N) is 3. The first-order chi connectivity index (χ1) is 9.67. The monoisotopic (exact) mass is 269 g/mol. The number of fused-ring (bicyclic) bond motifs is 1. The molecule has 20 heavy (non-hydrogen) atoms. The van der Waals surface area contributed by atoms with Crippen LogP contribution in [0.15, 0.2) is 30.3 Å². The van der Waals surface area contributed by atoms with Crippen molar-refractivity contribution in [1.29, 1.82) is 0 Å². The van der Waals surface area contributed by atoms with E-state index in [0.29, 0.717) is 23.9 Å². The molecule has 0 radical (unpaired) electrons. The molecule has 0 aliphatic carbocycles. The number of para-hydroxylation sites is 2. The Hall–Kier alpha value is -2.63. The standard InChI is InChI=1S/C14H15N5O/c1-2-12-17-11(15)7-13(18-12)19-8-14(20)16-9-5-3-4-6-10(9)19/h3-7H,2,8H2,1H3,(H,16,20)(H2,15,17,18). The molecule has 102 valence electrons. The summed E-state index contributed by atoms with van der Waals surface area (Å²) >= 11 is 0. The molecule has 0 fully saturated rings. The van der Waals surface area contributed by atoms with Gasteiger partial charge in [0.25, 0.3) is 0 Å². The van der Waals surface area contributed by atoms with Crippen molar-refractivity contribution in [2.24, 2.45) is 0 Å². The minimum Gasteiger partial charge on any atom is -0.384 e. The quantitative estimate of drug-likeness (QED) is 0.867. The van der Waals surface area contributed by atoms with Crippen LogP contribution in [-0.2, 0) is 11.2 Å². The Morgan fingerprint density at radius 2 is 2.15 bits per heavy atom. The molecule has 0 atom stereocenters. The lowest BCUT2D eigenvalue weighted by Crippen LogP contribution is -2.35. The summed E-state index contributed by atoms with van der Waals surface area (Å²) in [4.78, 5) is 22.3. The number of nitrogens with two attached hydrogens (primary N) is 1. The van der Waals surface area contributed by atoms with Crippen LogP contribution < -0.4 is 16.0 Å². The maximum Gasteiger partial charge on any atom is 0.244 e. The van der Waals surface area contributed by atoms with Gasteiger partial charge in [-0.15, -0.1) is 0 Å². The fourth-order valence-corrected chi connectivity index (χ4v) is 2.24. The first kappa shape index (κ1) is 12.4. The lowest BCUT2D eigenvalue weighted by Gasteiger charge is -2.30. The summed E-state index contributed by atoms with van der Waals surface area (Å²) < 4.78 is 0. The SMILES string of the molecule is CCc1nc(N)cc(N2CC(=O)Nc3ccccc32)n1. The Bertz CT molecular complexity index is 670. The molecule has 1 amide bonds. The first-order valence-electron chi connectivity index (χ1n) is 6.47. The van der Waals surface area contributed by atoms with E-state index in [9.17, 15) is 4.79 Å². The highest BCUT2D eigenvalue weighted by Gasteiger charge is 2.24. The average molecular weight is 269 g/mol. The van der Waals surface area contributed by atoms with Gasteiger partial charge in [-0.3, -0.25) is 4.79 Å². The van der Waals surface area contributed by atoms with Gasteiger partial charge in [0.05, 0.1) is 11.4 Å². The third-order valence-corrected chi connectivity index (χ3v) is 3.14. The fourth-order valence-electron chi connectivity index (χ4n) is 2.24. The van der Waals surface area contributed by atoms with Crippen LogP contribution in [-0.4, -0.2) is 22.4 Å². The van der Waals surface area contributed by atoms with Crippen molar-refractivity contribution in [2.45, 2.75) is 13.3 Å². The Balaban J connectivity index is 2.10. The molecular formula is C14H15N5O. The lowest BCUT2D eigenvalue weighted by atomic mass is 10.2. The predicted octanol–water partition coefficient (Wildman–Crippen LogP) is 1.71. The molecule has 0 spiro atoms. The maximum atomic E-state index is 11.8. The van der Waals surface area contributed by atoms with Crippen LogP contribution in [0.4, 0.5) is 23.0 Å². The van der Waals surface area contributed by atoms with Crippen molar-refractivity contribution in [2.75, 3.05) is 22.5 Å². The highest BCUT2D eigenvalue weighted by Crippen LogP contribution is 2.34. The van der Waals surface area contributed by atoms with Crippen molar-refractivity contribution >= 4 is 28.9 Å². The van der Waals surface area contributed by atoms with Crippen molar-refractivity contribution in [3.63, 3.8) is 0 Å². The van der Waals surface area contributed by atoms with E-state index in [1.165, 1.54) is 0 Å². The number of aryl methyl sites for hydroxylation is 1. The summed E-state index contributed by atoms with van der Waals surface area (Å²) in [6.07, 6.45) is 0.694. The zero-order valence-corrected chi connectivity index (χ0v) is 11.1. The van der Waals surface area contributed by atoms with E-state index in [-0.39, 0.29) is 12.5 Å². The van der Waals surface area contributed by atoms with E-state index in [0.717, 1.165) is 11.4 Å². The van der Waals surface area contributed by atoms with Crippen molar-refractivity contribution in [1.82, 2.24) is 9.97 Å². The summed E-state index contributed by atoms with van der Waals surface area (Å²) in [7, 11) is 0. The molecule has 3 N–H and O–H groups in total. The van der Waals surface area contributed by atoms with Gasteiger partial charge in [-0.25, -0.2) is 9.97 Å². The molecule has 6 heteroatoms. The number of carbonyl (C=O) groups is 1. The molecule has 0 saturated carbocycles. The van der Waals surface area contributed by atoms with Gasteiger partial charge in [-0.2, -0.15) is 0 Å². The predicted molar refractivity (Wildman–Crippen MR) is 77.9 cm³/mol. The number of hydrogen-bond donors (Lipinski definition) is 2. The number of benzene rings is 1. The second-order valence-corrected chi connectivity index (χ2v) is 4.57. The van der Waals surface area contributed by atoms with E-state index in [2.05, 4.69) is 15.3 Å². The Labute approximate surface area is 116 Å². The average Bonchev–Trinajstić information content (AvgIpc) is 2.45. The second-order valence-electron chi connectivity index (χ2n) is 4.57. The van der Waals surface area contributed by atoms with Crippen molar-refractivity contribution in [3.05, 3.63) is 36.2 Å². The number of nitrogen functional groups attached to an aromatic ring is 1. The third-order valence-electron chi connectivity index (χ3n) is 3.14. The van der Waals surface area contributed by atoms with E-state index >= 15 is 0 Å². The molecule has 3 rings (SSSR count). The normalized spacial score (nSPS) is 13.8. The summed E-state index contributed by atoms with van der Waals surface area (Å²) in [5, 5.41) is 2.85. The fraction of sp³-hybridized carbons (Fsp3) is 0.214. The molecule has 1 aromatic heterocycles. The third kappa shape index (κ3) is 2.16. The van der Waals surface area contributed by atoms with E-state index < -0.39 is 0 Å². The van der Waals surface area contributed by atoms with E-state index in [1.54, 1.807) is 6.07 Å². The second kappa shape index (κ2) is 4.80. The van der Waals surface area contributed by atoms with Gasteiger partial charge in [0.2, 0.25) is 5.91 Å².